The van der Waals surface area contributed by atoms with E-state index in [-0.39, 0.29) is 6.42 Å². The Hall–Kier alpha value is -2.06. The Bertz CT molecular complexity index is 426. The van der Waals surface area contributed by atoms with E-state index in [4.69, 9.17) is 0 Å². The summed E-state index contributed by atoms with van der Waals surface area (Å²) in [5.74, 6) is -2.26. The van der Waals surface area contributed by atoms with Crippen molar-refractivity contribution in [2.75, 3.05) is 7.05 Å². The molecule has 0 aromatic rings. The molecule has 1 fully saturated rings. The van der Waals surface area contributed by atoms with Crippen molar-refractivity contribution in [2.24, 2.45) is 0 Å². The van der Waals surface area contributed by atoms with Gasteiger partial charge in [0.25, 0.3) is 17.7 Å². The van der Waals surface area contributed by atoms with Gasteiger partial charge in [-0.1, -0.05) is 0 Å². The third kappa shape index (κ3) is 1.83. The van der Waals surface area contributed by atoms with Crippen LogP contribution in [-0.4, -0.2) is 46.7 Å². The van der Waals surface area contributed by atoms with Crippen molar-refractivity contribution in [1.82, 2.24) is 20.9 Å². The number of nitrogens with one attached hydrogen (secondary N) is 2. The van der Waals surface area contributed by atoms with Gasteiger partial charge in [-0.15, -0.1) is 5.53 Å². The second-order valence-corrected chi connectivity index (χ2v) is 3.56. The van der Waals surface area contributed by atoms with Gasteiger partial charge in [-0.05, 0) is 7.05 Å². The van der Waals surface area contributed by atoms with E-state index in [1.807, 2.05) is 0 Å². The predicted octanol–water partition coefficient (Wildman–Crippen LogP) is -2.32. The molecule has 8 nitrogen and oxygen atoms in total. The number of carbonyl (C=O) groups excluding carboxylic acids is 4. The van der Waals surface area contributed by atoms with Gasteiger partial charge in [0, 0.05) is 12.2 Å². The van der Waals surface area contributed by atoms with Crippen molar-refractivity contribution in [3.05, 3.63) is 12.2 Å². The van der Waals surface area contributed by atoms with Crippen LogP contribution in [0.4, 0.5) is 0 Å². The maximum absolute atomic E-state index is 11.7. The second-order valence-electron chi connectivity index (χ2n) is 3.56. The molecule has 1 atom stereocenters. The molecule has 17 heavy (non-hydrogen) atoms. The normalized spacial score (nSPS) is 24.4. The molecule has 4 amide bonds. The third-order valence-corrected chi connectivity index (χ3v) is 2.50. The fraction of sp³-hybridized carbons (Fsp3) is 0.333. The lowest BCUT2D eigenvalue weighted by atomic mass is 10.2. The lowest BCUT2D eigenvalue weighted by Crippen LogP contribution is -2.55. The Morgan fingerprint density at radius 2 is 1.71 bits per heavy atom. The molecule has 0 aromatic heterocycles. The van der Waals surface area contributed by atoms with Crippen LogP contribution in [0.5, 0.6) is 0 Å². The number of hydrogen-bond acceptors (Lipinski definition) is 6. The first-order valence-electron chi connectivity index (χ1n) is 4.91. The fourth-order valence-electron chi connectivity index (χ4n) is 1.56. The van der Waals surface area contributed by atoms with Crippen LogP contribution < -0.4 is 10.9 Å². The zero-order valence-corrected chi connectivity index (χ0v) is 8.97. The summed E-state index contributed by atoms with van der Waals surface area (Å²) < 4.78 is 0. The number of hydrogen-bond donors (Lipinski definition) is 2. The lowest BCUT2D eigenvalue weighted by Gasteiger charge is -2.21. The highest BCUT2D eigenvalue weighted by molar-refractivity contribution is 6.13. The monoisotopic (exact) mass is 238 g/mol. The molecule has 2 N–H and O–H groups in total. The van der Waals surface area contributed by atoms with Crippen LogP contribution in [0.2, 0.25) is 0 Å². The average Bonchev–Trinajstić information content (AvgIpc) is 2.75. The lowest BCUT2D eigenvalue weighted by molar-refractivity contribution is -0.156. The molecule has 2 aliphatic heterocycles. The molecule has 8 heteroatoms. The van der Waals surface area contributed by atoms with Gasteiger partial charge in [-0.2, -0.15) is 10.0 Å². The van der Waals surface area contributed by atoms with Gasteiger partial charge >= 0.3 is 0 Å². The van der Waals surface area contributed by atoms with Crippen molar-refractivity contribution in [3.8, 4) is 0 Å². The minimum Gasteiger partial charge on any atom is -0.308 e. The van der Waals surface area contributed by atoms with Crippen molar-refractivity contribution in [2.45, 2.75) is 12.5 Å². The summed E-state index contributed by atoms with van der Waals surface area (Å²) in [5, 5.41) is 3.94. The maximum atomic E-state index is 11.7. The first-order valence-corrected chi connectivity index (χ1v) is 4.91. The SMILES string of the molecule is CNC1CC(=O)N(NN2C(=O)C=CC2=O)C1=O. The number of carbonyl (C=O) groups is 4. The van der Waals surface area contributed by atoms with Gasteiger partial charge in [0.1, 0.15) is 0 Å². The van der Waals surface area contributed by atoms with Crippen LogP contribution in [0.15, 0.2) is 12.2 Å². The van der Waals surface area contributed by atoms with Gasteiger partial charge in [0.2, 0.25) is 5.91 Å². The minimum atomic E-state index is -0.629. The first kappa shape index (κ1) is 11.4. The topological polar surface area (TPSA) is 98.8 Å². The number of rotatable bonds is 3. The number of imide groups is 2. The number of amides is 4. The van der Waals surface area contributed by atoms with E-state index in [0.29, 0.717) is 10.0 Å². The molecule has 0 spiro atoms. The Kier molecular flexibility index (Phi) is 2.74. The summed E-state index contributed by atoms with van der Waals surface area (Å²) >= 11 is 0. The van der Waals surface area contributed by atoms with Gasteiger partial charge < -0.3 is 5.32 Å². The number of nitrogens with zero attached hydrogens (tertiary/aromatic N) is 2. The highest BCUT2D eigenvalue weighted by atomic mass is 16.2. The summed E-state index contributed by atoms with van der Waals surface area (Å²) in [4.78, 5) is 45.6. The number of hydrazine groups is 2. The summed E-state index contributed by atoms with van der Waals surface area (Å²) in [7, 11) is 1.55. The van der Waals surface area contributed by atoms with Gasteiger partial charge in [0.05, 0.1) is 12.5 Å². The molecule has 0 saturated carbocycles. The predicted molar refractivity (Wildman–Crippen MR) is 53.4 cm³/mol. The van der Waals surface area contributed by atoms with E-state index in [1.54, 1.807) is 7.05 Å². The largest absolute Gasteiger partial charge is 0.308 e. The molecule has 90 valence electrons. The van der Waals surface area contributed by atoms with E-state index in [1.165, 1.54) is 0 Å². The zero-order valence-electron chi connectivity index (χ0n) is 8.97. The molecule has 2 aliphatic rings. The summed E-state index contributed by atoms with van der Waals surface area (Å²) in [6.07, 6.45) is 2.10. The molecular weight excluding hydrogens is 228 g/mol. The van der Waals surface area contributed by atoms with Crippen molar-refractivity contribution < 1.29 is 19.2 Å². The van der Waals surface area contributed by atoms with Gasteiger partial charge in [0.15, 0.2) is 0 Å². The standard InChI is InChI=1S/C9H10N4O4/c1-10-5-4-8(16)13(9(5)17)11-12-6(14)2-3-7(12)15/h2-3,5,10-11H,4H2,1H3. The highest BCUT2D eigenvalue weighted by Gasteiger charge is 2.40. The Morgan fingerprint density at radius 3 is 2.18 bits per heavy atom. The first-order chi connectivity index (χ1) is 8.04. The van der Waals surface area contributed by atoms with Crippen molar-refractivity contribution in [1.29, 1.82) is 0 Å². The smallest absolute Gasteiger partial charge is 0.269 e. The van der Waals surface area contributed by atoms with Crippen LogP contribution in [0.25, 0.3) is 0 Å². The van der Waals surface area contributed by atoms with Gasteiger partial charge in [-0.3, -0.25) is 19.2 Å². The minimum absolute atomic E-state index is 0.00795. The van der Waals surface area contributed by atoms with Crippen LogP contribution in [0.1, 0.15) is 6.42 Å². The molecular formula is C9H10N4O4. The Balaban J connectivity index is 2.09. The molecule has 1 unspecified atom stereocenters. The fourth-order valence-corrected chi connectivity index (χ4v) is 1.56. The van der Waals surface area contributed by atoms with Crippen LogP contribution in [-0.2, 0) is 19.2 Å². The summed E-state index contributed by atoms with van der Waals surface area (Å²) in [5.41, 5.74) is 2.21. The summed E-state index contributed by atoms with van der Waals surface area (Å²) in [6.45, 7) is 0. The van der Waals surface area contributed by atoms with E-state index in [2.05, 4.69) is 10.9 Å². The molecule has 0 radical (unpaired) electrons. The van der Waals surface area contributed by atoms with Crippen LogP contribution >= 0.6 is 0 Å². The zero-order chi connectivity index (χ0) is 12.6. The molecule has 0 aliphatic carbocycles. The van der Waals surface area contributed by atoms with Crippen molar-refractivity contribution >= 4 is 23.6 Å². The highest BCUT2D eigenvalue weighted by Crippen LogP contribution is 2.11. The molecule has 2 heterocycles. The van der Waals surface area contributed by atoms with E-state index in [9.17, 15) is 19.2 Å². The van der Waals surface area contributed by atoms with E-state index < -0.39 is 29.7 Å². The molecule has 0 aromatic carbocycles. The Morgan fingerprint density at radius 1 is 1.12 bits per heavy atom. The third-order valence-electron chi connectivity index (χ3n) is 2.50. The quantitative estimate of drug-likeness (QED) is 0.535. The maximum Gasteiger partial charge on any atom is 0.269 e. The van der Waals surface area contributed by atoms with Crippen LogP contribution in [0.3, 0.4) is 0 Å². The van der Waals surface area contributed by atoms with Crippen molar-refractivity contribution in [3.63, 3.8) is 0 Å². The molecule has 2 rings (SSSR count). The van der Waals surface area contributed by atoms with E-state index >= 15 is 0 Å². The Labute approximate surface area is 96.2 Å². The average molecular weight is 238 g/mol. The number of likely N-dealkylation sites (N-methyl/N-ethyl adjacent to an activating group) is 1. The summed E-state index contributed by atoms with van der Waals surface area (Å²) in [6, 6.07) is -0.629. The van der Waals surface area contributed by atoms with E-state index in [0.717, 1.165) is 12.2 Å². The molecule has 1 saturated heterocycles. The molecule has 0 bridgehead atoms. The van der Waals surface area contributed by atoms with Crippen LogP contribution in [0, 0.1) is 0 Å². The second kappa shape index (κ2) is 4.07. The van der Waals surface area contributed by atoms with Gasteiger partial charge in [-0.25, -0.2) is 0 Å².